The minimum atomic E-state index is -0.974. The van der Waals surface area contributed by atoms with Crippen LogP contribution in [0.5, 0.6) is 0 Å². The van der Waals surface area contributed by atoms with Gasteiger partial charge in [-0.15, -0.1) is 0 Å². The Morgan fingerprint density at radius 2 is 1.65 bits per heavy atom. The minimum Gasteiger partial charge on any atom is -0.394 e. The SMILES string of the molecule is OC[C@H]1O[C@H](CNC2CCCCC2)[C@@H](O)[C@@H]1O. The lowest BCUT2D eigenvalue weighted by Crippen LogP contribution is -2.42. The molecule has 4 atom stereocenters. The summed E-state index contributed by atoms with van der Waals surface area (Å²) in [6.07, 6.45) is 3.24. The zero-order valence-electron chi connectivity index (χ0n) is 10.1. The Hall–Kier alpha value is -0.200. The topological polar surface area (TPSA) is 82.0 Å². The van der Waals surface area contributed by atoms with Gasteiger partial charge >= 0.3 is 0 Å². The van der Waals surface area contributed by atoms with Crippen LogP contribution in [-0.4, -0.2) is 58.9 Å². The van der Waals surface area contributed by atoms with Gasteiger partial charge in [0.25, 0.3) is 0 Å². The number of aliphatic hydroxyl groups excluding tert-OH is 3. The predicted octanol–water partition coefficient (Wildman–Crippen LogP) is -0.610. The van der Waals surface area contributed by atoms with Gasteiger partial charge in [-0.05, 0) is 12.8 Å². The third-order valence-corrected chi connectivity index (χ3v) is 3.85. The number of hydrogen-bond acceptors (Lipinski definition) is 5. The van der Waals surface area contributed by atoms with E-state index < -0.39 is 24.4 Å². The molecule has 2 fully saturated rings. The van der Waals surface area contributed by atoms with Crippen LogP contribution in [0.25, 0.3) is 0 Å². The Morgan fingerprint density at radius 1 is 1.00 bits per heavy atom. The fourth-order valence-corrected chi connectivity index (χ4v) is 2.73. The van der Waals surface area contributed by atoms with Gasteiger partial charge in [-0.3, -0.25) is 0 Å². The first-order chi connectivity index (χ1) is 8.22. The van der Waals surface area contributed by atoms with Crippen LogP contribution in [0.3, 0.4) is 0 Å². The molecule has 0 unspecified atom stereocenters. The summed E-state index contributed by atoms with van der Waals surface area (Å²) in [6, 6.07) is 0.505. The fraction of sp³-hybridized carbons (Fsp3) is 1.00. The monoisotopic (exact) mass is 245 g/mol. The first-order valence-electron chi connectivity index (χ1n) is 6.58. The van der Waals surface area contributed by atoms with Crippen LogP contribution in [0.4, 0.5) is 0 Å². The first-order valence-corrected chi connectivity index (χ1v) is 6.58. The summed E-state index contributed by atoms with van der Waals surface area (Å²) < 4.78 is 5.41. The van der Waals surface area contributed by atoms with E-state index in [1.54, 1.807) is 0 Å². The Kier molecular flexibility index (Phi) is 4.76. The summed E-state index contributed by atoms with van der Waals surface area (Å²) in [5, 5.41) is 31.7. The number of hydrogen-bond donors (Lipinski definition) is 4. The molecule has 0 aromatic heterocycles. The third-order valence-electron chi connectivity index (χ3n) is 3.85. The zero-order valence-corrected chi connectivity index (χ0v) is 10.1. The van der Waals surface area contributed by atoms with Crippen LogP contribution >= 0.6 is 0 Å². The second kappa shape index (κ2) is 6.11. The molecule has 0 bridgehead atoms. The number of aliphatic hydroxyl groups is 3. The Labute approximate surface area is 102 Å². The van der Waals surface area contributed by atoms with Gasteiger partial charge in [-0.1, -0.05) is 19.3 Å². The molecule has 4 N–H and O–H groups in total. The van der Waals surface area contributed by atoms with Crippen LogP contribution < -0.4 is 5.32 Å². The van der Waals surface area contributed by atoms with E-state index in [1.165, 1.54) is 32.1 Å². The molecule has 5 nitrogen and oxygen atoms in total. The Balaban J connectivity index is 1.75. The molecule has 0 aromatic rings. The zero-order chi connectivity index (χ0) is 12.3. The summed E-state index contributed by atoms with van der Waals surface area (Å²) in [5.74, 6) is 0. The van der Waals surface area contributed by atoms with Gasteiger partial charge in [0, 0.05) is 12.6 Å². The summed E-state index contributed by atoms with van der Waals surface area (Å²) in [4.78, 5) is 0. The van der Waals surface area contributed by atoms with Crippen LogP contribution in [0.2, 0.25) is 0 Å². The van der Waals surface area contributed by atoms with Crippen LogP contribution in [-0.2, 0) is 4.74 Å². The lowest BCUT2D eigenvalue weighted by Gasteiger charge is -2.25. The van der Waals surface area contributed by atoms with Crippen molar-refractivity contribution in [3.8, 4) is 0 Å². The summed E-state index contributed by atoms with van der Waals surface area (Å²) in [5.41, 5.74) is 0. The first kappa shape index (κ1) is 13.2. The molecule has 0 radical (unpaired) electrons. The Bertz CT molecular complexity index is 233. The highest BCUT2D eigenvalue weighted by Gasteiger charge is 2.42. The van der Waals surface area contributed by atoms with E-state index in [0.29, 0.717) is 12.6 Å². The molecule has 1 aliphatic carbocycles. The lowest BCUT2D eigenvalue weighted by molar-refractivity contribution is -0.0221. The molecular weight excluding hydrogens is 222 g/mol. The van der Waals surface area contributed by atoms with Crippen molar-refractivity contribution in [3.05, 3.63) is 0 Å². The van der Waals surface area contributed by atoms with Crippen molar-refractivity contribution in [2.75, 3.05) is 13.2 Å². The molecular formula is C12H23NO4. The van der Waals surface area contributed by atoms with Gasteiger partial charge in [0.1, 0.15) is 18.3 Å². The molecule has 100 valence electrons. The largest absolute Gasteiger partial charge is 0.394 e. The second-order valence-electron chi connectivity index (χ2n) is 5.12. The van der Waals surface area contributed by atoms with E-state index >= 15 is 0 Å². The van der Waals surface area contributed by atoms with Crippen LogP contribution in [0, 0.1) is 0 Å². The maximum absolute atomic E-state index is 9.76. The van der Waals surface area contributed by atoms with Gasteiger partial charge in [0.05, 0.1) is 12.7 Å². The third kappa shape index (κ3) is 3.17. The van der Waals surface area contributed by atoms with Crippen LogP contribution in [0.15, 0.2) is 0 Å². The van der Waals surface area contributed by atoms with E-state index in [1.807, 2.05) is 0 Å². The van der Waals surface area contributed by atoms with E-state index in [0.717, 1.165) is 0 Å². The number of ether oxygens (including phenoxy) is 1. The van der Waals surface area contributed by atoms with Gasteiger partial charge in [-0.25, -0.2) is 0 Å². The maximum Gasteiger partial charge on any atom is 0.111 e. The lowest BCUT2D eigenvalue weighted by atomic mass is 9.95. The molecule has 1 heterocycles. The average Bonchev–Trinajstić information content (AvgIpc) is 2.65. The average molecular weight is 245 g/mol. The highest BCUT2D eigenvalue weighted by atomic mass is 16.6. The minimum absolute atomic E-state index is 0.252. The smallest absolute Gasteiger partial charge is 0.111 e. The molecule has 5 heteroatoms. The number of rotatable bonds is 4. The van der Waals surface area contributed by atoms with E-state index in [4.69, 9.17) is 9.84 Å². The second-order valence-corrected chi connectivity index (χ2v) is 5.12. The van der Waals surface area contributed by atoms with Crippen LogP contribution in [0.1, 0.15) is 32.1 Å². The highest BCUT2D eigenvalue weighted by Crippen LogP contribution is 2.22. The van der Waals surface area contributed by atoms with Crippen molar-refractivity contribution in [1.29, 1.82) is 0 Å². The molecule has 0 aromatic carbocycles. The van der Waals surface area contributed by atoms with Crippen molar-refractivity contribution in [2.45, 2.75) is 62.6 Å². The molecule has 1 aliphatic heterocycles. The van der Waals surface area contributed by atoms with Gasteiger partial charge in [0.15, 0.2) is 0 Å². The standard InChI is InChI=1S/C12H23NO4/c14-7-10-12(16)11(15)9(17-10)6-13-8-4-2-1-3-5-8/h8-16H,1-7H2/t9-,10-,11-,12-/m1/s1. The quantitative estimate of drug-likeness (QED) is 0.531. The highest BCUT2D eigenvalue weighted by molar-refractivity contribution is 4.91. The maximum atomic E-state index is 9.76. The summed E-state index contributed by atoms with van der Waals surface area (Å²) in [6.45, 7) is 0.289. The van der Waals surface area contributed by atoms with Gasteiger partial charge in [0.2, 0.25) is 0 Å². The molecule has 2 aliphatic rings. The molecule has 17 heavy (non-hydrogen) atoms. The van der Waals surface area contributed by atoms with E-state index in [9.17, 15) is 10.2 Å². The van der Waals surface area contributed by atoms with Crippen molar-refractivity contribution in [1.82, 2.24) is 5.32 Å². The van der Waals surface area contributed by atoms with Crippen molar-refractivity contribution in [3.63, 3.8) is 0 Å². The summed E-state index contributed by atoms with van der Waals surface area (Å²) in [7, 11) is 0. The van der Waals surface area contributed by atoms with Crippen molar-refractivity contribution >= 4 is 0 Å². The van der Waals surface area contributed by atoms with Crippen molar-refractivity contribution in [2.24, 2.45) is 0 Å². The summed E-state index contributed by atoms with van der Waals surface area (Å²) >= 11 is 0. The fourth-order valence-electron chi connectivity index (χ4n) is 2.73. The Morgan fingerprint density at radius 3 is 2.24 bits per heavy atom. The van der Waals surface area contributed by atoms with Gasteiger partial charge < -0.3 is 25.4 Å². The number of nitrogens with one attached hydrogen (secondary N) is 1. The molecule has 0 amide bonds. The molecule has 0 spiro atoms. The molecule has 2 rings (SSSR count). The molecule has 1 saturated carbocycles. The predicted molar refractivity (Wildman–Crippen MR) is 62.6 cm³/mol. The van der Waals surface area contributed by atoms with Crippen molar-refractivity contribution < 1.29 is 20.1 Å². The van der Waals surface area contributed by atoms with Gasteiger partial charge in [-0.2, -0.15) is 0 Å². The van der Waals surface area contributed by atoms with E-state index in [-0.39, 0.29) is 6.61 Å². The molecule has 1 saturated heterocycles. The normalized spacial score (nSPS) is 39.7. The van der Waals surface area contributed by atoms with E-state index in [2.05, 4.69) is 5.32 Å².